The Morgan fingerprint density at radius 3 is 0.805 bits per heavy atom. The van der Waals surface area contributed by atoms with Crippen LogP contribution in [-0.4, -0.2) is 37.2 Å². The first-order chi connectivity index (χ1) is 38.0. The molecule has 0 aromatic rings. The van der Waals surface area contributed by atoms with Gasteiger partial charge in [-0.3, -0.25) is 14.4 Å². The van der Waals surface area contributed by atoms with Crippen molar-refractivity contribution < 1.29 is 28.6 Å². The molecule has 0 saturated heterocycles. The lowest BCUT2D eigenvalue weighted by Gasteiger charge is -2.18. The van der Waals surface area contributed by atoms with Crippen molar-refractivity contribution in [3.8, 4) is 0 Å². The van der Waals surface area contributed by atoms with Gasteiger partial charge in [-0.2, -0.15) is 0 Å². The summed E-state index contributed by atoms with van der Waals surface area (Å²) in [4.78, 5) is 38.3. The van der Waals surface area contributed by atoms with Crippen molar-refractivity contribution >= 4 is 17.9 Å². The van der Waals surface area contributed by atoms with E-state index < -0.39 is 6.10 Å². The van der Waals surface area contributed by atoms with Crippen LogP contribution in [0.5, 0.6) is 0 Å². The molecule has 6 nitrogen and oxygen atoms in total. The number of unbranched alkanes of at least 4 members (excludes halogenated alkanes) is 35. The van der Waals surface area contributed by atoms with E-state index in [0.29, 0.717) is 19.3 Å². The topological polar surface area (TPSA) is 78.9 Å². The number of hydrogen-bond acceptors (Lipinski definition) is 6. The summed E-state index contributed by atoms with van der Waals surface area (Å²) in [5.74, 6) is -0.874. The second kappa shape index (κ2) is 65.1. The minimum atomic E-state index is -0.781. The molecule has 0 radical (unpaired) electrons. The van der Waals surface area contributed by atoms with Crippen LogP contribution in [0.3, 0.4) is 0 Å². The normalized spacial score (nSPS) is 12.6. The molecule has 1 atom stereocenters. The monoisotopic (exact) mass is 1070 g/mol. The summed E-state index contributed by atoms with van der Waals surface area (Å²) < 4.78 is 16.9. The van der Waals surface area contributed by atoms with Gasteiger partial charge in [0.25, 0.3) is 0 Å². The van der Waals surface area contributed by atoms with Gasteiger partial charge >= 0.3 is 17.9 Å². The minimum Gasteiger partial charge on any atom is -0.462 e. The third-order valence-corrected chi connectivity index (χ3v) is 14.4. The first-order valence-corrected chi connectivity index (χ1v) is 33.1. The standard InChI is InChI=1S/C71H124O6/c1-4-7-10-13-16-19-22-25-28-30-31-32-33-34-35-36-37-38-39-40-41-42-44-46-49-52-55-58-61-64-70(73)76-67-68(66-75-69(72)63-60-57-54-51-48-45-27-24-21-18-15-12-9-6-3)77-71(74)65-62-59-56-53-50-47-43-29-26-23-20-17-14-11-8-5-2/h7,10,16,19,25,28-29,31-32,34-35,37-38,43,68H,4-6,8-9,11-15,17-18,20-24,26-27,30,33,36,39-42,44-67H2,1-3H3/b10-7-,19-16-,28-25-,32-31-,35-34-,38-37-,43-29-. The zero-order valence-corrected chi connectivity index (χ0v) is 51.0. The molecular weight excluding hydrogens is 949 g/mol. The fourth-order valence-electron chi connectivity index (χ4n) is 9.44. The summed E-state index contributed by atoms with van der Waals surface area (Å²) in [5.41, 5.74) is 0. The summed E-state index contributed by atoms with van der Waals surface area (Å²) in [6.45, 7) is 6.55. The Hall–Kier alpha value is -3.41. The number of hydrogen-bond donors (Lipinski definition) is 0. The second-order valence-corrected chi connectivity index (χ2v) is 22.0. The van der Waals surface area contributed by atoms with Crippen LogP contribution in [0.15, 0.2) is 85.1 Å². The molecule has 0 aliphatic heterocycles. The highest BCUT2D eigenvalue weighted by molar-refractivity contribution is 5.71. The lowest BCUT2D eigenvalue weighted by atomic mass is 10.0. The summed E-state index contributed by atoms with van der Waals surface area (Å²) in [6, 6.07) is 0. The van der Waals surface area contributed by atoms with Gasteiger partial charge in [0.15, 0.2) is 6.10 Å². The second-order valence-electron chi connectivity index (χ2n) is 22.0. The van der Waals surface area contributed by atoms with Crippen LogP contribution >= 0.6 is 0 Å². The van der Waals surface area contributed by atoms with Gasteiger partial charge in [0, 0.05) is 19.3 Å². The van der Waals surface area contributed by atoms with E-state index in [1.165, 1.54) is 180 Å². The van der Waals surface area contributed by atoms with Gasteiger partial charge in [0.05, 0.1) is 0 Å². The van der Waals surface area contributed by atoms with Crippen LogP contribution in [0.4, 0.5) is 0 Å². The summed E-state index contributed by atoms with van der Waals surface area (Å²) in [7, 11) is 0. The Kier molecular flexibility index (Phi) is 62.2. The molecule has 444 valence electrons. The van der Waals surface area contributed by atoms with Gasteiger partial charge in [-0.1, -0.05) is 298 Å². The fraction of sp³-hybridized carbons (Fsp3) is 0.761. The molecule has 0 fully saturated rings. The Labute approximate surface area is 477 Å². The van der Waals surface area contributed by atoms with Crippen LogP contribution in [-0.2, 0) is 28.6 Å². The largest absolute Gasteiger partial charge is 0.462 e. The Morgan fingerprint density at radius 1 is 0.273 bits per heavy atom. The van der Waals surface area contributed by atoms with E-state index in [2.05, 4.69) is 106 Å². The van der Waals surface area contributed by atoms with E-state index >= 15 is 0 Å². The lowest BCUT2D eigenvalue weighted by molar-refractivity contribution is -0.167. The van der Waals surface area contributed by atoms with Crippen molar-refractivity contribution in [1.82, 2.24) is 0 Å². The maximum absolute atomic E-state index is 12.9. The quantitative estimate of drug-likeness (QED) is 0.0261. The first kappa shape index (κ1) is 73.6. The predicted octanol–water partition coefficient (Wildman–Crippen LogP) is 22.7. The van der Waals surface area contributed by atoms with E-state index in [1.54, 1.807) is 0 Å². The molecule has 0 heterocycles. The number of allylic oxidation sites excluding steroid dienone is 14. The Bertz CT molecular complexity index is 1470. The molecule has 0 saturated carbocycles. The average molecular weight is 1070 g/mol. The zero-order valence-electron chi connectivity index (χ0n) is 51.0. The molecule has 0 aliphatic rings. The van der Waals surface area contributed by atoms with Crippen LogP contribution in [0.25, 0.3) is 0 Å². The van der Waals surface area contributed by atoms with Gasteiger partial charge < -0.3 is 14.2 Å². The average Bonchev–Trinajstić information content (AvgIpc) is 3.43. The smallest absolute Gasteiger partial charge is 0.306 e. The molecule has 77 heavy (non-hydrogen) atoms. The van der Waals surface area contributed by atoms with Gasteiger partial charge in [-0.15, -0.1) is 0 Å². The number of esters is 3. The highest BCUT2D eigenvalue weighted by Gasteiger charge is 2.19. The van der Waals surface area contributed by atoms with Crippen molar-refractivity contribution in [2.24, 2.45) is 0 Å². The molecule has 0 aliphatic carbocycles. The fourth-order valence-corrected chi connectivity index (χ4v) is 9.44. The summed E-state index contributed by atoms with van der Waals surface area (Å²) in [5, 5.41) is 0. The molecule has 0 aromatic carbocycles. The number of carbonyl (C=O) groups is 3. The Balaban J connectivity index is 4.28. The zero-order chi connectivity index (χ0) is 55.7. The molecule has 0 rings (SSSR count). The number of carbonyl (C=O) groups excluding carboxylic acids is 3. The van der Waals surface area contributed by atoms with E-state index in [1.807, 2.05) is 0 Å². The maximum atomic E-state index is 12.9. The summed E-state index contributed by atoms with van der Waals surface area (Å²) >= 11 is 0. The molecule has 6 heteroatoms. The molecule has 0 amide bonds. The van der Waals surface area contributed by atoms with Gasteiger partial charge in [0.1, 0.15) is 13.2 Å². The van der Waals surface area contributed by atoms with Gasteiger partial charge in [-0.05, 0) is 96.3 Å². The summed E-state index contributed by atoms with van der Waals surface area (Å²) in [6.07, 6.45) is 85.9. The number of rotatable bonds is 60. The van der Waals surface area contributed by atoms with Crippen molar-refractivity contribution in [3.63, 3.8) is 0 Å². The van der Waals surface area contributed by atoms with Crippen LogP contribution in [0.1, 0.15) is 329 Å². The minimum absolute atomic E-state index is 0.0770. The predicted molar refractivity (Wildman–Crippen MR) is 334 cm³/mol. The maximum Gasteiger partial charge on any atom is 0.306 e. The van der Waals surface area contributed by atoms with Crippen LogP contribution in [0.2, 0.25) is 0 Å². The van der Waals surface area contributed by atoms with Crippen molar-refractivity contribution in [2.75, 3.05) is 13.2 Å². The number of ether oxygens (including phenoxy) is 3. The lowest BCUT2D eigenvalue weighted by Crippen LogP contribution is -2.30. The van der Waals surface area contributed by atoms with Crippen molar-refractivity contribution in [3.05, 3.63) is 85.1 Å². The molecule has 1 unspecified atom stereocenters. The molecular formula is C71H124O6. The van der Waals surface area contributed by atoms with Crippen LogP contribution < -0.4 is 0 Å². The van der Waals surface area contributed by atoms with E-state index in [9.17, 15) is 14.4 Å². The van der Waals surface area contributed by atoms with Gasteiger partial charge in [-0.25, -0.2) is 0 Å². The first-order valence-electron chi connectivity index (χ1n) is 33.1. The highest BCUT2D eigenvalue weighted by atomic mass is 16.6. The Morgan fingerprint density at radius 2 is 0.506 bits per heavy atom. The molecule has 0 N–H and O–H groups in total. The highest BCUT2D eigenvalue weighted by Crippen LogP contribution is 2.17. The third kappa shape index (κ3) is 63.3. The SMILES string of the molecule is CC/C=C\C/C=C\C/C=C\C/C=C\C/C=C\C/C=C\CCCCCCCCCCCCC(=O)OCC(COC(=O)CCCCCCCCCCCCCCCC)OC(=O)CCCCCCC/C=C\CCCCCCCCC. The van der Waals surface area contributed by atoms with Gasteiger partial charge in [0.2, 0.25) is 0 Å². The van der Waals surface area contributed by atoms with Crippen molar-refractivity contribution in [2.45, 2.75) is 335 Å². The van der Waals surface area contributed by atoms with E-state index in [-0.39, 0.29) is 31.1 Å². The molecule has 0 bridgehead atoms. The third-order valence-electron chi connectivity index (χ3n) is 14.4. The van der Waals surface area contributed by atoms with E-state index in [0.717, 1.165) is 109 Å². The van der Waals surface area contributed by atoms with E-state index in [4.69, 9.17) is 14.2 Å². The molecule has 0 spiro atoms. The van der Waals surface area contributed by atoms with Crippen molar-refractivity contribution in [1.29, 1.82) is 0 Å². The molecule has 0 aromatic heterocycles. The van der Waals surface area contributed by atoms with Crippen LogP contribution in [0, 0.1) is 0 Å².